The van der Waals surface area contributed by atoms with Crippen LogP contribution in [0.15, 0.2) is 47.5 Å². The van der Waals surface area contributed by atoms with Crippen LogP contribution in [0.2, 0.25) is 5.02 Å². The van der Waals surface area contributed by atoms with Crippen molar-refractivity contribution in [3.63, 3.8) is 0 Å². The normalized spacial score (nSPS) is 14.7. The number of alkyl halides is 3. The first-order valence-electron chi connectivity index (χ1n) is 6.91. The van der Waals surface area contributed by atoms with E-state index in [9.17, 15) is 18.0 Å². The van der Waals surface area contributed by atoms with E-state index in [1.165, 1.54) is 36.4 Å². The standard InChI is InChI=1S/C16H11ClF3N3O/c17-11-4-1-9(2-5-11)12-6-3-10(7-13(12)16(18,19)20)15-21-8-14(24)22-23-15/h1-7H,8H2,(H,21,23)(H,22,24). The largest absolute Gasteiger partial charge is 0.417 e. The molecule has 0 bridgehead atoms. The van der Waals surface area contributed by atoms with Crippen LogP contribution < -0.4 is 10.9 Å². The van der Waals surface area contributed by atoms with Crippen LogP contribution >= 0.6 is 11.6 Å². The van der Waals surface area contributed by atoms with Gasteiger partial charge in [-0.05, 0) is 29.3 Å². The number of benzene rings is 2. The van der Waals surface area contributed by atoms with E-state index in [0.717, 1.165) is 6.07 Å². The lowest BCUT2D eigenvalue weighted by molar-refractivity contribution is -0.137. The molecule has 124 valence electrons. The molecule has 1 aliphatic heterocycles. The topological polar surface area (TPSA) is 53.5 Å². The van der Waals surface area contributed by atoms with Crippen LogP contribution in [-0.4, -0.2) is 18.3 Å². The second kappa shape index (κ2) is 6.16. The first-order valence-corrected chi connectivity index (χ1v) is 7.29. The molecule has 1 amide bonds. The molecule has 0 saturated heterocycles. The molecule has 2 N–H and O–H groups in total. The molecule has 0 fully saturated rings. The number of amidine groups is 1. The fraction of sp³-hybridized carbons (Fsp3) is 0.125. The fourth-order valence-corrected chi connectivity index (χ4v) is 2.46. The van der Waals surface area contributed by atoms with Crippen molar-refractivity contribution >= 4 is 23.3 Å². The molecule has 0 radical (unpaired) electrons. The van der Waals surface area contributed by atoms with Crippen LogP contribution in [0.5, 0.6) is 0 Å². The Balaban J connectivity index is 2.08. The molecule has 0 spiro atoms. The van der Waals surface area contributed by atoms with Gasteiger partial charge in [-0.2, -0.15) is 13.2 Å². The summed E-state index contributed by atoms with van der Waals surface area (Å²) in [4.78, 5) is 15.0. The number of nitrogens with one attached hydrogen (secondary N) is 2. The Morgan fingerprint density at radius 1 is 1.00 bits per heavy atom. The van der Waals surface area contributed by atoms with Gasteiger partial charge in [0.1, 0.15) is 12.4 Å². The third-order valence-corrected chi connectivity index (χ3v) is 3.71. The van der Waals surface area contributed by atoms with Gasteiger partial charge in [0.2, 0.25) is 0 Å². The zero-order valence-electron chi connectivity index (χ0n) is 12.1. The summed E-state index contributed by atoms with van der Waals surface area (Å²) in [6.45, 7) is -0.136. The van der Waals surface area contributed by atoms with Gasteiger partial charge >= 0.3 is 6.18 Å². The van der Waals surface area contributed by atoms with Crippen LogP contribution in [0.3, 0.4) is 0 Å². The van der Waals surface area contributed by atoms with E-state index < -0.39 is 11.7 Å². The number of carbonyl (C=O) groups excluding carboxylic acids is 1. The zero-order valence-corrected chi connectivity index (χ0v) is 12.9. The third-order valence-electron chi connectivity index (χ3n) is 3.45. The minimum atomic E-state index is -4.54. The van der Waals surface area contributed by atoms with Gasteiger partial charge in [-0.15, -0.1) is 0 Å². The third kappa shape index (κ3) is 3.35. The Morgan fingerprint density at radius 3 is 2.25 bits per heavy atom. The summed E-state index contributed by atoms with van der Waals surface area (Å²) < 4.78 is 40.4. The molecule has 1 heterocycles. The quantitative estimate of drug-likeness (QED) is 0.869. The van der Waals surface area contributed by atoms with Crippen molar-refractivity contribution in [1.82, 2.24) is 10.9 Å². The summed E-state index contributed by atoms with van der Waals surface area (Å²) in [5.74, 6) is -0.171. The SMILES string of the molecule is O=C1CN=C(c2ccc(-c3ccc(Cl)cc3)c(C(F)(F)F)c2)NN1. The van der Waals surface area contributed by atoms with Gasteiger partial charge in [-0.25, -0.2) is 0 Å². The van der Waals surface area contributed by atoms with Crippen molar-refractivity contribution in [2.45, 2.75) is 6.18 Å². The number of halogens is 4. The lowest BCUT2D eigenvalue weighted by atomic mass is 9.96. The molecule has 4 nitrogen and oxygen atoms in total. The van der Waals surface area contributed by atoms with Crippen LogP contribution in [-0.2, 0) is 11.0 Å². The Hall–Kier alpha value is -2.54. The van der Waals surface area contributed by atoms with Crippen molar-refractivity contribution in [2.24, 2.45) is 4.99 Å². The molecule has 2 aromatic rings. The monoisotopic (exact) mass is 353 g/mol. The smallest absolute Gasteiger partial charge is 0.282 e. The summed E-state index contributed by atoms with van der Waals surface area (Å²) in [6.07, 6.45) is -4.54. The van der Waals surface area contributed by atoms with Gasteiger partial charge in [0, 0.05) is 10.6 Å². The van der Waals surface area contributed by atoms with Gasteiger partial charge in [0.15, 0.2) is 0 Å². The van der Waals surface area contributed by atoms with Gasteiger partial charge in [0.25, 0.3) is 5.91 Å². The minimum Gasteiger partial charge on any atom is -0.282 e. The maximum absolute atomic E-state index is 13.5. The lowest BCUT2D eigenvalue weighted by Crippen LogP contribution is -2.47. The number of nitrogens with zero attached hydrogens (tertiary/aromatic N) is 1. The minimum absolute atomic E-state index is 0.0448. The fourth-order valence-electron chi connectivity index (χ4n) is 2.33. The van der Waals surface area contributed by atoms with Gasteiger partial charge in [-0.1, -0.05) is 35.9 Å². The van der Waals surface area contributed by atoms with Crippen molar-refractivity contribution in [3.8, 4) is 11.1 Å². The first-order chi connectivity index (χ1) is 11.3. The molecule has 0 aromatic heterocycles. The Morgan fingerprint density at radius 2 is 1.67 bits per heavy atom. The first kappa shape index (κ1) is 16.3. The predicted octanol–water partition coefficient (Wildman–Crippen LogP) is 3.41. The molecule has 0 saturated carbocycles. The van der Waals surface area contributed by atoms with Crippen molar-refractivity contribution in [2.75, 3.05) is 6.54 Å². The second-order valence-corrected chi connectivity index (χ2v) is 5.54. The highest BCUT2D eigenvalue weighted by atomic mass is 35.5. The number of amides is 1. The highest BCUT2D eigenvalue weighted by Gasteiger charge is 2.34. The molecule has 24 heavy (non-hydrogen) atoms. The number of carbonyl (C=O) groups is 1. The van der Waals surface area contributed by atoms with Gasteiger partial charge < -0.3 is 0 Å². The molecule has 0 atom stereocenters. The molecule has 2 aromatic carbocycles. The van der Waals surface area contributed by atoms with Gasteiger partial charge in [-0.3, -0.25) is 20.6 Å². The van der Waals surface area contributed by atoms with E-state index in [1.807, 2.05) is 0 Å². The number of hydrogen-bond acceptors (Lipinski definition) is 3. The van der Waals surface area contributed by atoms with E-state index in [2.05, 4.69) is 15.8 Å². The van der Waals surface area contributed by atoms with E-state index >= 15 is 0 Å². The van der Waals surface area contributed by atoms with E-state index in [-0.39, 0.29) is 29.4 Å². The summed E-state index contributed by atoms with van der Waals surface area (Å²) in [5, 5.41) is 0.445. The van der Waals surface area contributed by atoms with E-state index in [1.54, 1.807) is 0 Å². The van der Waals surface area contributed by atoms with Gasteiger partial charge in [0.05, 0.1) is 5.56 Å². The second-order valence-electron chi connectivity index (χ2n) is 5.10. The highest BCUT2D eigenvalue weighted by Crippen LogP contribution is 2.38. The molecular formula is C16H11ClF3N3O. The zero-order chi connectivity index (χ0) is 17.3. The van der Waals surface area contributed by atoms with Crippen molar-refractivity contribution in [1.29, 1.82) is 0 Å². The van der Waals surface area contributed by atoms with Crippen LogP contribution in [0.4, 0.5) is 13.2 Å². The number of rotatable bonds is 2. The average molecular weight is 354 g/mol. The molecule has 8 heteroatoms. The van der Waals surface area contributed by atoms with Crippen molar-refractivity contribution in [3.05, 3.63) is 58.6 Å². The summed E-state index contributed by atoms with van der Waals surface area (Å²) in [7, 11) is 0. The van der Waals surface area contributed by atoms with Crippen molar-refractivity contribution < 1.29 is 18.0 Å². The lowest BCUT2D eigenvalue weighted by Gasteiger charge is -2.18. The number of hydrazine groups is 1. The molecule has 0 aliphatic carbocycles. The molecular weight excluding hydrogens is 343 g/mol. The predicted molar refractivity (Wildman–Crippen MR) is 84.6 cm³/mol. The Labute approximate surface area is 140 Å². The molecule has 0 unspecified atom stereocenters. The van der Waals surface area contributed by atoms with E-state index in [4.69, 9.17) is 11.6 Å². The summed E-state index contributed by atoms with van der Waals surface area (Å²) in [6, 6.07) is 10.0. The van der Waals surface area contributed by atoms with E-state index in [0.29, 0.717) is 10.6 Å². The highest BCUT2D eigenvalue weighted by molar-refractivity contribution is 6.30. The van der Waals surface area contributed by atoms with Crippen LogP contribution in [0.25, 0.3) is 11.1 Å². The van der Waals surface area contributed by atoms with Crippen LogP contribution in [0.1, 0.15) is 11.1 Å². The average Bonchev–Trinajstić information content (AvgIpc) is 2.55. The molecule has 3 rings (SSSR count). The number of hydrogen-bond donors (Lipinski definition) is 2. The molecule has 1 aliphatic rings. The Bertz CT molecular complexity index is 816. The van der Waals surface area contributed by atoms with Crippen LogP contribution in [0, 0.1) is 0 Å². The Kier molecular flexibility index (Phi) is 4.19. The maximum atomic E-state index is 13.5. The maximum Gasteiger partial charge on any atom is 0.417 e. The number of aliphatic imine (C=N–C) groups is 1. The summed E-state index contributed by atoms with van der Waals surface area (Å²) in [5.41, 5.74) is 4.72. The summed E-state index contributed by atoms with van der Waals surface area (Å²) >= 11 is 5.79.